The molecule has 2 N–H and O–H groups in total. The van der Waals surface area contributed by atoms with Gasteiger partial charge in [-0.05, 0) is 30.3 Å². The quantitative estimate of drug-likeness (QED) is 0.701. The van der Waals surface area contributed by atoms with Gasteiger partial charge in [-0.2, -0.15) is 0 Å². The molecule has 1 atom stereocenters. The van der Waals surface area contributed by atoms with E-state index >= 15 is 0 Å². The highest BCUT2D eigenvalue weighted by atomic mass is 79.9. The van der Waals surface area contributed by atoms with E-state index in [1.807, 2.05) is 48.5 Å². The number of methoxy groups -OCH3 is 1. The van der Waals surface area contributed by atoms with E-state index in [1.165, 1.54) is 4.90 Å². The average molecular weight is 408 g/mol. The lowest BCUT2D eigenvalue weighted by molar-refractivity contribution is -0.890. The molecule has 0 bridgehead atoms. The van der Waals surface area contributed by atoms with Gasteiger partial charge < -0.3 is 19.7 Å². The van der Waals surface area contributed by atoms with Crippen molar-refractivity contribution in [1.29, 1.82) is 0 Å². The number of benzene rings is 2. The molecule has 0 radical (unpaired) electrons. The monoisotopic (exact) mass is 407 g/mol. The van der Waals surface area contributed by atoms with Gasteiger partial charge in [0, 0.05) is 10.0 Å². The van der Waals surface area contributed by atoms with Gasteiger partial charge in [0.05, 0.1) is 27.7 Å². The molecule has 134 valence electrons. The van der Waals surface area contributed by atoms with Crippen LogP contribution in [0.25, 0.3) is 0 Å². The number of halogens is 1. The number of quaternary nitrogens is 1. The van der Waals surface area contributed by atoms with Gasteiger partial charge in [-0.15, -0.1) is 0 Å². The van der Waals surface area contributed by atoms with Crippen LogP contribution in [0.2, 0.25) is 0 Å². The fraction of sp³-hybridized carbons (Fsp3) is 0.316. The van der Waals surface area contributed by atoms with Crippen LogP contribution >= 0.6 is 15.9 Å². The van der Waals surface area contributed by atoms with Crippen molar-refractivity contribution >= 4 is 21.8 Å². The number of amides is 1. The van der Waals surface area contributed by atoms with Crippen LogP contribution in [-0.4, -0.2) is 40.3 Å². The summed E-state index contributed by atoms with van der Waals surface area (Å²) in [6.07, 6.45) is 0. The van der Waals surface area contributed by atoms with Crippen LogP contribution in [-0.2, 0) is 4.79 Å². The maximum absolute atomic E-state index is 12.1. The molecule has 0 fully saturated rings. The van der Waals surface area contributed by atoms with Gasteiger partial charge in [0.25, 0.3) is 5.91 Å². The molecule has 0 aliphatic carbocycles. The van der Waals surface area contributed by atoms with Gasteiger partial charge in [0.1, 0.15) is 17.5 Å². The summed E-state index contributed by atoms with van der Waals surface area (Å²) in [4.78, 5) is 13.3. The summed E-state index contributed by atoms with van der Waals surface area (Å²) >= 11 is 3.38. The summed E-state index contributed by atoms with van der Waals surface area (Å²) in [6, 6.07) is 15.5. The number of likely N-dealkylation sites (N-methyl/N-ethyl adjacent to an activating group) is 1. The Morgan fingerprint density at radius 2 is 1.88 bits per heavy atom. The number of hydrogen-bond donors (Lipinski definition) is 2. The van der Waals surface area contributed by atoms with Gasteiger partial charge in [0.2, 0.25) is 0 Å². The van der Waals surface area contributed by atoms with E-state index < -0.39 is 0 Å². The van der Waals surface area contributed by atoms with E-state index in [9.17, 15) is 4.79 Å². The second kappa shape index (κ2) is 9.44. The molecule has 2 aromatic carbocycles. The molecule has 2 aromatic rings. The zero-order valence-electron chi connectivity index (χ0n) is 14.7. The van der Waals surface area contributed by atoms with Crippen molar-refractivity contribution in [3.63, 3.8) is 0 Å². The first-order chi connectivity index (χ1) is 12.0. The Morgan fingerprint density at radius 1 is 1.16 bits per heavy atom. The van der Waals surface area contributed by atoms with Crippen LogP contribution in [0.4, 0.5) is 0 Å². The van der Waals surface area contributed by atoms with Crippen molar-refractivity contribution in [2.45, 2.75) is 6.04 Å². The minimum Gasteiger partial charge on any atom is -0.497 e. The molecule has 5 nitrogen and oxygen atoms in total. The van der Waals surface area contributed by atoms with Gasteiger partial charge in [0.15, 0.2) is 6.61 Å². The number of ether oxygens (including phenoxy) is 2. The molecular formula is C19H24BrN2O3+. The minimum absolute atomic E-state index is 0.00987. The molecule has 0 unspecified atom stereocenters. The van der Waals surface area contributed by atoms with Crippen molar-refractivity contribution in [3.8, 4) is 11.5 Å². The Kier molecular flexibility index (Phi) is 7.28. The predicted octanol–water partition coefficient (Wildman–Crippen LogP) is 1.84. The predicted molar refractivity (Wildman–Crippen MR) is 101 cm³/mol. The van der Waals surface area contributed by atoms with E-state index in [4.69, 9.17) is 9.47 Å². The summed E-state index contributed by atoms with van der Waals surface area (Å²) in [5, 5.41) is 2.95. The molecule has 0 aromatic heterocycles. The fourth-order valence-corrected chi connectivity index (χ4v) is 2.86. The first-order valence-corrected chi connectivity index (χ1v) is 8.88. The zero-order valence-corrected chi connectivity index (χ0v) is 16.3. The van der Waals surface area contributed by atoms with E-state index in [0.29, 0.717) is 12.3 Å². The highest BCUT2D eigenvalue weighted by Gasteiger charge is 2.19. The summed E-state index contributed by atoms with van der Waals surface area (Å²) in [7, 11) is 5.78. The Bertz CT molecular complexity index is 707. The topological polar surface area (TPSA) is 52.0 Å². The van der Waals surface area contributed by atoms with Crippen LogP contribution in [0.15, 0.2) is 53.0 Å². The van der Waals surface area contributed by atoms with Crippen molar-refractivity contribution in [3.05, 3.63) is 58.6 Å². The van der Waals surface area contributed by atoms with E-state index in [-0.39, 0.29) is 18.6 Å². The highest BCUT2D eigenvalue weighted by Crippen LogP contribution is 2.18. The van der Waals surface area contributed by atoms with Gasteiger partial charge in [-0.1, -0.05) is 34.1 Å². The van der Waals surface area contributed by atoms with Gasteiger partial charge >= 0.3 is 0 Å². The van der Waals surface area contributed by atoms with E-state index in [1.54, 1.807) is 7.11 Å². The Hall–Kier alpha value is -2.05. The smallest absolute Gasteiger partial charge is 0.258 e. The average Bonchev–Trinajstić information content (AvgIpc) is 2.60. The fourth-order valence-electron chi connectivity index (χ4n) is 2.49. The summed E-state index contributed by atoms with van der Waals surface area (Å²) in [5.41, 5.74) is 1.12. The molecule has 6 heteroatoms. The normalized spacial score (nSPS) is 11.9. The number of carbonyl (C=O) groups excluding carboxylic acids is 1. The molecule has 1 amide bonds. The summed E-state index contributed by atoms with van der Waals surface area (Å²) in [6.45, 7) is 0.514. The molecule has 0 heterocycles. The number of rotatable bonds is 8. The standard InChI is InChI=1S/C19H23BrN2O3/c1-22(2)18(14-6-4-8-16(10-14)24-3)12-21-19(23)13-25-17-9-5-7-15(20)11-17/h4-11,18H,12-13H2,1-3H3,(H,21,23)/p+1/t18-/m0/s1. The van der Waals surface area contributed by atoms with Crippen molar-refractivity contribution in [2.75, 3.05) is 34.4 Å². The van der Waals surface area contributed by atoms with Gasteiger partial charge in [-0.3, -0.25) is 4.79 Å². The second-order valence-electron chi connectivity index (χ2n) is 5.96. The maximum Gasteiger partial charge on any atom is 0.258 e. The summed E-state index contributed by atoms with van der Waals surface area (Å²) in [5.74, 6) is 1.33. The number of hydrogen-bond acceptors (Lipinski definition) is 3. The maximum atomic E-state index is 12.1. The van der Waals surface area contributed by atoms with E-state index in [0.717, 1.165) is 15.8 Å². The lowest BCUT2D eigenvalue weighted by Crippen LogP contribution is -3.07. The van der Waals surface area contributed by atoms with E-state index in [2.05, 4.69) is 35.3 Å². The summed E-state index contributed by atoms with van der Waals surface area (Å²) < 4.78 is 11.7. The highest BCUT2D eigenvalue weighted by molar-refractivity contribution is 9.10. The Morgan fingerprint density at radius 3 is 2.56 bits per heavy atom. The molecule has 25 heavy (non-hydrogen) atoms. The molecule has 2 rings (SSSR count). The van der Waals surface area contributed by atoms with Crippen LogP contribution in [0.5, 0.6) is 11.5 Å². The second-order valence-corrected chi connectivity index (χ2v) is 6.87. The zero-order chi connectivity index (χ0) is 18.2. The molecule has 0 saturated carbocycles. The third-order valence-electron chi connectivity index (χ3n) is 3.86. The first kappa shape index (κ1) is 19.3. The van der Waals surface area contributed by atoms with Crippen molar-refractivity contribution < 1.29 is 19.2 Å². The lowest BCUT2D eigenvalue weighted by Gasteiger charge is -2.22. The van der Waals surface area contributed by atoms with Crippen molar-refractivity contribution in [1.82, 2.24) is 5.32 Å². The largest absolute Gasteiger partial charge is 0.497 e. The molecule has 0 aliphatic heterocycles. The minimum atomic E-state index is -0.144. The molecule has 0 saturated heterocycles. The number of carbonyl (C=O) groups is 1. The Balaban J connectivity index is 1.90. The molecular weight excluding hydrogens is 384 g/mol. The van der Waals surface area contributed by atoms with Crippen LogP contribution in [0.3, 0.4) is 0 Å². The van der Waals surface area contributed by atoms with Crippen molar-refractivity contribution in [2.24, 2.45) is 0 Å². The third-order valence-corrected chi connectivity index (χ3v) is 4.36. The van der Waals surface area contributed by atoms with Gasteiger partial charge in [-0.25, -0.2) is 0 Å². The Labute approximate surface area is 157 Å². The SMILES string of the molecule is COc1cccc([C@H](CNC(=O)COc2cccc(Br)c2)[NH+](C)C)c1. The lowest BCUT2D eigenvalue weighted by atomic mass is 10.1. The molecule has 0 spiro atoms. The van der Waals surface area contributed by atoms with Crippen LogP contribution < -0.4 is 19.7 Å². The molecule has 0 aliphatic rings. The third kappa shape index (κ3) is 6.07. The first-order valence-electron chi connectivity index (χ1n) is 8.08. The van der Waals surface area contributed by atoms with Crippen LogP contribution in [0.1, 0.15) is 11.6 Å². The number of nitrogens with one attached hydrogen (secondary N) is 2. The van der Waals surface area contributed by atoms with Crippen LogP contribution in [0, 0.1) is 0 Å².